The van der Waals surface area contributed by atoms with Crippen molar-refractivity contribution in [2.45, 2.75) is 0 Å². The van der Waals surface area contributed by atoms with Crippen LogP contribution in [0.4, 0.5) is 5.13 Å². The summed E-state index contributed by atoms with van der Waals surface area (Å²) < 4.78 is 3.99. The highest BCUT2D eigenvalue weighted by Gasteiger charge is 2.10. The quantitative estimate of drug-likeness (QED) is 0.840. The number of rotatable bonds is 1. The highest BCUT2D eigenvalue weighted by Crippen LogP contribution is 2.26. The molecule has 7 heteroatoms. The van der Waals surface area contributed by atoms with E-state index in [0.717, 1.165) is 11.5 Å². The fourth-order valence-corrected chi connectivity index (χ4v) is 1.81. The number of pyridine rings is 1. The Balaban J connectivity index is 2.52. The smallest absolute Gasteiger partial charge is 0.200 e. The van der Waals surface area contributed by atoms with Gasteiger partial charge in [0.15, 0.2) is 11.0 Å². The van der Waals surface area contributed by atoms with Gasteiger partial charge in [0.05, 0.1) is 10.0 Å². The molecule has 72 valence electrons. The Hall–Kier alpha value is -0.910. The largest absolute Gasteiger partial charge is 0.374 e. The number of nitrogens with zero attached hydrogens (tertiary/aromatic N) is 3. The topological polar surface area (TPSA) is 64.7 Å². The van der Waals surface area contributed by atoms with Crippen LogP contribution in [0.3, 0.4) is 0 Å². The van der Waals surface area contributed by atoms with Gasteiger partial charge in [-0.3, -0.25) is 0 Å². The molecule has 2 rings (SSSR count). The third-order valence-corrected chi connectivity index (χ3v) is 2.50. The molecule has 4 nitrogen and oxygen atoms in total. The van der Waals surface area contributed by atoms with E-state index in [9.17, 15) is 0 Å². The van der Waals surface area contributed by atoms with Gasteiger partial charge in [0.2, 0.25) is 0 Å². The molecule has 0 aromatic carbocycles. The number of halogens is 2. The molecule has 0 saturated carbocycles. The van der Waals surface area contributed by atoms with E-state index in [4.69, 9.17) is 28.9 Å². The van der Waals surface area contributed by atoms with E-state index >= 15 is 0 Å². The highest BCUT2D eigenvalue weighted by atomic mass is 35.5. The molecular formula is C7H4Cl2N4S. The van der Waals surface area contributed by atoms with Crippen molar-refractivity contribution in [1.82, 2.24) is 14.3 Å². The van der Waals surface area contributed by atoms with Gasteiger partial charge in [0.25, 0.3) is 0 Å². The lowest BCUT2D eigenvalue weighted by molar-refractivity contribution is 1.24. The molecule has 0 spiro atoms. The van der Waals surface area contributed by atoms with Gasteiger partial charge in [0.1, 0.15) is 5.69 Å². The van der Waals surface area contributed by atoms with Gasteiger partial charge in [0, 0.05) is 17.7 Å². The summed E-state index contributed by atoms with van der Waals surface area (Å²) in [7, 11) is 0. The number of nitrogens with two attached hydrogens (primary N) is 1. The zero-order valence-corrected chi connectivity index (χ0v) is 9.07. The summed E-state index contributed by atoms with van der Waals surface area (Å²) in [5.41, 5.74) is 5.93. The Morgan fingerprint density at radius 1 is 1.36 bits per heavy atom. The lowest BCUT2D eigenvalue weighted by Gasteiger charge is -1.97. The van der Waals surface area contributed by atoms with Crippen LogP contribution in [-0.2, 0) is 0 Å². The Labute approximate surface area is 93.9 Å². The SMILES string of the molecule is Nc1nc(-c2ncc(Cl)cc2Cl)ns1. The molecule has 0 saturated heterocycles. The number of hydrogen-bond donors (Lipinski definition) is 1. The predicted molar refractivity (Wildman–Crippen MR) is 57.6 cm³/mol. The van der Waals surface area contributed by atoms with Crippen LogP contribution in [0.25, 0.3) is 11.5 Å². The molecule has 0 unspecified atom stereocenters. The molecule has 2 aromatic heterocycles. The lowest BCUT2D eigenvalue weighted by atomic mass is 10.3. The summed E-state index contributed by atoms with van der Waals surface area (Å²) in [5, 5.41) is 1.27. The van der Waals surface area contributed by atoms with Crippen molar-refractivity contribution in [1.29, 1.82) is 0 Å². The summed E-state index contributed by atoms with van der Waals surface area (Å²) >= 11 is 12.7. The first-order valence-electron chi connectivity index (χ1n) is 3.57. The summed E-state index contributed by atoms with van der Waals surface area (Å²) in [5.74, 6) is 0.425. The number of nitrogen functional groups attached to an aromatic ring is 1. The molecule has 0 fully saturated rings. The summed E-state index contributed by atoms with van der Waals surface area (Å²) in [6, 6.07) is 1.59. The highest BCUT2D eigenvalue weighted by molar-refractivity contribution is 7.09. The minimum absolute atomic E-state index is 0.382. The van der Waals surface area contributed by atoms with Crippen molar-refractivity contribution < 1.29 is 0 Å². The average molecular weight is 247 g/mol. The molecule has 0 aliphatic carbocycles. The van der Waals surface area contributed by atoms with Gasteiger partial charge >= 0.3 is 0 Å². The first kappa shape index (κ1) is 9.64. The van der Waals surface area contributed by atoms with Gasteiger partial charge in [-0.05, 0) is 6.07 Å². The summed E-state index contributed by atoms with van der Waals surface area (Å²) in [4.78, 5) is 7.99. The number of anilines is 1. The first-order chi connectivity index (χ1) is 6.66. The zero-order chi connectivity index (χ0) is 10.1. The summed E-state index contributed by atoms with van der Waals surface area (Å²) in [6.45, 7) is 0. The average Bonchev–Trinajstić information content (AvgIpc) is 2.51. The van der Waals surface area contributed by atoms with Gasteiger partial charge < -0.3 is 5.73 Å². The van der Waals surface area contributed by atoms with Gasteiger partial charge in [-0.2, -0.15) is 9.36 Å². The normalized spacial score (nSPS) is 10.4. The predicted octanol–water partition coefficient (Wildman–Crippen LogP) is 2.49. The van der Waals surface area contributed by atoms with Gasteiger partial charge in [-0.25, -0.2) is 4.98 Å². The maximum absolute atomic E-state index is 5.91. The number of aromatic nitrogens is 3. The van der Waals surface area contributed by atoms with Crippen molar-refractivity contribution in [3.63, 3.8) is 0 Å². The van der Waals surface area contributed by atoms with Gasteiger partial charge in [-0.15, -0.1) is 0 Å². The third-order valence-electron chi connectivity index (χ3n) is 1.46. The Morgan fingerprint density at radius 3 is 2.71 bits per heavy atom. The van der Waals surface area contributed by atoms with Crippen LogP contribution in [-0.4, -0.2) is 14.3 Å². The molecule has 2 aromatic rings. The van der Waals surface area contributed by atoms with E-state index in [2.05, 4.69) is 14.3 Å². The van der Waals surface area contributed by atoms with Gasteiger partial charge in [-0.1, -0.05) is 23.2 Å². The zero-order valence-electron chi connectivity index (χ0n) is 6.74. The molecule has 0 amide bonds. The van der Waals surface area contributed by atoms with Crippen LogP contribution in [0.15, 0.2) is 12.3 Å². The molecule has 0 aliphatic heterocycles. The van der Waals surface area contributed by atoms with Crippen molar-refractivity contribution in [2.24, 2.45) is 0 Å². The van der Waals surface area contributed by atoms with Crippen molar-refractivity contribution >= 4 is 39.9 Å². The second-order valence-corrected chi connectivity index (χ2v) is 4.07. The molecule has 0 atom stereocenters. The van der Waals surface area contributed by atoms with E-state index in [1.54, 1.807) is 6.07 Å². The lowest BCUT2D eigenvalue weighted by Crippen LogP contribution is -1.88. The molecule has 2 heterocycles. The Morgan fingerprint density at radius 2 is 2.14 bits per heavy atom. The minimum Gasteiger partial charge on any atom is -0.374 e. The standard InChI is InChI=1S/C7H4Cl2N4S/c8-3-1-4(9)5(11-2-3)6-12-7(10)14-13-6/h1-2H,(H2,10,12,13). The van der Waals surface area contributed by atoms with Crippen LogP contribution in [0.1, 0.15) is 0 Å². The van der Waals surface area contributed by atoms with Crippen LogP contribution in [0, 0.1) is 0 Å². The van der Waals surface area contributed by atoms with Crippen LogP contribution in [0.5, 0.6) is 0 Å². The fraction of sp³-hybridized carbons (Fsp3) is 0. The summed E-state index contributed by atoms with van der Waals surface area (Å²) in [6.07, 6.45) is 1.49. The number of hydrogen-bond acceptors (Lipinski definition) is 5. The monoisotopic (exact) mass is 246 g/mol. The molecule has 0 radical (unpaired) electrons. The molecule has 0 bridgehead atoms. The first-order valence-corrected chi connectivity index (χ1v) is 5.10. The molecule has 2 N–H and O–H groups in total. The maximum Gasteiger partial charge on any atom is 0.200 e. The van der Waals surface area contributed by atoms with Crippen molar-refractivity contribution in [3.05, 3.63) is 22.3 Å². The van der Waals surface area contributed by atoms with Crippen LogP contribution >= 0.6 is 34.7 Å². The molecule has 14 heavy (non-hydrogen) atoms. The van der Waals surface area contributed by atoms with Crippen LogP contribution in [0.2, 0.25) is 10.0 Å². The molecule has 0 aliphatic rings. The maximum atomic E-state index is 5.91. The van der Waals surface area contributed by atoms with E-state index in [1.807, 2.05) is 0 Å². The third kappa shape index (κ3) is 1.79. The van der Waals surface area contributed by atoms with E-state index in [-0.39, 0.29) is 0 Å². The fourth-order valence-electron chi connectivity index (χ4n) is 0.910. The van der Waals surface area contributed by atoms with Crippen molar-refractivity contribution in [3.8, 4) is 11.5 Å². The van der Waals surface area contributed by atoms with Crippen molar-refractivity contribution in [2.75, 3.05) is 5.73 Å². The Bertz CT molecular complexity index is 470. The Kier molecular flexibility index (Phi) is 2.54. The minimum atomic E-state index is 0.382. The van der Waals surface area contributed by atoms with E-state index < -0.39 is 0 Å². The second kappa shape index (κ2) is 3.68. The second-order valence-electron chi connectivity index (χ2n) is 2.44. The molecular weight excluding hydrogens is 243 g/mol. The van der Waals surface area contributed by atoms with E-state index in [1.165, 1.54) is 6.20 Å². The van der Waals surface area contributed by atoms with Crippen LogP contribution < -0.4 is 5.73 Å². The van der Waals surface area contributed by atoms with E-state index in [0.29, 0.717) is 26.7 Å².